The number of anilines is 1. The molecule has 0 fully saturated rings. The summed E-state index contributed by atoms with van der Waals surface area (Å²) in [6.45, 7) is 6.25. The molecule has 7 nitrogen and oxygen atoms in total. The standard InChI is InChI=1S/C25H29N3O4/c1-4-15-28-17(3)22(24(30)32-5-2)23(27-25(28)31)19-11-13-20(14-12-19)26-21(29)16-18-9-7-6-8-10-18/h6-14,23H,4-5,15-16H2,1-3H3,(H,26,29)(H,27,31). The minimum Gasteiger partial charge on any atom is -0.463 e. The first-order valence-corrected chi connectivity index (χ1v) is 10.8. The van der Waals surface area contributed by atoms with Gasteiger partial charge in [-0.25, -0.2) is 9.59 Å². The number of allylic oxidation sites excluding steroid dienone is 1. The minimum atomic E-state index is -0.622. The van der Waals surface area contributed by atoms with Gasteiger partial charge in [-0.05, 0) is 43.5 Å². The maximum atomic E-state index is 12.7. The van der Waals surface area contributed by atoms with Gasteiger partial charge in [0.15, 0.2) is 0 Å². The molecule has 1 aliphatic rings. The highest BCUT2D eigenvalue weighted by molar-refractivity contribution is 5.95. The highest BCUT2D eigenvalue weighted by Gasteiger charge is 2.36. The van der Waals surface area contributed by atoms with E-state index in [4.69, 9.17) is 4.74 Å². The van der Waals surface area contributed by atoms with Gasteiger partial charge in [0.2, 0.25) is 5.91 Å². The maximum absolute atomic E-state index is 12.7. The Kier molecular flexibility index (Phi) is 7.65. The van der Waals surface area contributed by atoms with E-state index in [2.05, 4.69) is 10.6 Å². The second-order valence-electron chi connectivity index (χ2n) is 7.59. The van der Waals surface area contributed by atoms with Gasteiger partial charge in [0.25, 0.3) is 0 Å². The Morgan fingerprint density at radius 3 is 2.38 bits per heavy atom. The van der Waals surface area contributed by atoms with Crippen LogP contribution in [-0.4, -0.2) is 36.0 Å². The molecule has 0 aromatic heterocycles. The molecule has 1 unspecified atom stereocenters. The van der Waals surface area contributed by atoms with Gasteiger partial charge in [-0.15, -0.1) is 0 Å². The molecule has 3 rings (SSSR count). The fraction of sp³-hybridized carbons (Fsp3) is 0.320. The predicted octanol–water partition coefficient (Wildman–Crippen LogP) is 4.18. The Balaban J connectivity index is 1.80. The molecule has 7 heteroatoms. The van der Waals surface area contributed by atoms with Crippen molar-refractivity contribution >= 4 is 23.6 Å². The Morgan fingerprint density at radius 1 is 1.06 bits per heavy atom. The van der Waals surface area contributed by atoms with Crippen LogP contribution in [0.1, 0.15) is 44.4 Å². The fourth-order valence-electron chi connectivity index (χ4n) is 3.74. The molecule has 0 spiro atoms. The molecule has 2 aromatic carbocycles. The first-order valence-electron chi connectivity index (χ1n) is 10.8. The van der Waals surface area contributed by atoms with Gasteiger partial charge in [0.05, 0.1) is 24.6 Å². The van der Waals surface area contributed by atoms with Gasteiger partial charge in [-0.1, -0.05) is 49.4 Å². The summed E-state index contributed by atoms with van der Waals surface area (Å²) in [6, 6.07) is 15.8. The van der Waals surface area contributed by atoms with Crippen LogP contribution in [0, 0.1) is 0 Å². The number of rotatable bonds is 8. The molecule has 1 heterocycles. The molecule has 0 saturated heterocycles. The second kappa shape index (κ2) is 10.6. The average molecular weight is 436 g/mol. The molecule has 168 valence electrons. The molecule has 1 atom stereocenters. The Labute approximate surface area is 188 Å². The van der Waals surface area contributed by atoms with Gasteiger partial charge < -0.3 is 15.4 Å². The molecule has 0 radical (unpaired) electrons. The molecule has 0 saturated carbocycles. The van der Waals surface area contributed by atoms with Crippen LogP contribution < -0.4 is 10.6 Å². The first-order chi connectivity index (χ1) is 15.4. The molecule has 0 bridgehead atoms. The predicted molar refractivity (Wildman–Crippen MR) is 123 cm³/mol. The van der Waals surface area contributed by atoms with Crippen molar-refractivity contribution in [2.45, 2.75) is 39.7 Å². The highest BCUT2D eigenvalue weighted by atomic mass is 16.5. The summed E-state index contributed by atoms with van der Waals surface area (Å²) in [5.74, 6) is -0.565. The zero-order valence-corrected chi connectivity index (χ0v) is 18.7. The fourth-order valence-corrected chi connectivity index (χ4v) is 3.74. The van der Waals surface area contributed by atoms with Gasteiger partial charge >= 0.3 is 12.0 Å². The van der Waals surface area contributed by atoms with E-state index in [0.29, 0.717) is 23.5 Å². The summed E-state index contributed by atoms with van der Waals surface area (Å²) in [5.41, 5.74) is 3.32. The number of carbonyl (C=O) groups is 3. The number of nitrogens with zero attached hydrogens (tertiary/aromatic N) is 1. The van der Waals surface area contributed by atoms with E-state index >= 15 is 0 Å². The molecular weight excluding hydrogens is 406 g/mol. The third kappa shape index (κ3) is 5.35. The Morgan fingerprint density at radius 2 is 1.75 bits per heavy atom. The summed E-state index contributed by atoms with van der Waals surface area (Å²) in [4.78, 5) is 39.3. The second-order valence-corrected chi connectivity index (χ2v) is 7.59. The van der Waals surface area contributed by atoms with Crippen LogP contribution >= 0.6 is 0 Å². The monoisotopic (exact) mass is 435 g/mol. The van der Waals surface area contributed by atoms with Crippen LogP contribution in [0.5, 0.6) is 0 Å². The Bertz CT molecular complexity index is 1000. The van der Waals surface area contributed by atoms with Crippen molar-refractivity contribution in [3.05, 3.63) is 77.0 Å². The van der Waals surface area contributed by atoms with E-state index < -0.39 is 12.0 Å². The molecule has 0 aliphatic carbocycles. The number of ether oxygens (including phenoxy) is 1. The van der Waals surface area contributed by atoms with Crippen LogP contribution in [0.4, 0.5) is 10.5 Å². The number of benzene rings is 2. The number of hydrogen-bond donors (Lipinski definition) is 2. The molecule has 2 aromatic rings. The number of esters is 1. The Hall–Kier alpha value is -3.61. The van der Waals surface area contributed by atoms with Crippen LogP contribution in [0.3, 0.4) is 0 Å². The number of carbonyl (C=O) groups excluding carboxylic acids is 3. The summed E-state index contributed by atoms with van der Waals surface area (Å²) in [6.07, 6.45) is 1.05. The number of hydrogen-bond acceptors (Lipinski definition) is 4. The lowest BCUT2D eigenvalue weighted by Crippen LogP contribution is -2.48. The van der Waals surface area contributed by atoms with Crippen molar-refractivity contribution in [3.63, 3.8) is 0 Å². The quantitative estimate of drug-likeness (QED) is 0.609. The van der Waals surface area contributed by atoms with Crippen molar-refractivity contribution in [1.29, 1.82) is 0 Å². The summed E-state index contributed by atoms with van der Waals surface area (Å²) in [7, 11) is 0. The van der Waals surface area contributed by atoms with E-state index in [9.17, 15) is 14.4 Å². The molecule has 32 heavy (non-hydrogen) atoms. The van der Waals surface area contributed by atoms with Crippen LogP contribution in [-0.2, 0) is 20.7 Å². The molecular formula is C25H29N3O4. The van der Waals surface area contributed by atoms with Crippen molar-refractivity contribution in [1.82, 2.24) is 10.2 Å². The van der Waals surface area contributed by atoms with Crippen LogP contribution in [0.25, 0.3) is 0 Å². The van der Waals surface area contributed by atoms with E-state index in [1.807, 2.05) is 37.3 Å². The van der Waals surface area contributed by atoms with Gasteiger partial charge in [0, 0.05) is 17.9 Å². The van der Waals surface area contributed by atoms with E-state index in [1.165, 1.54) is 0 Å². The zero-order chi connectivity index (χ0) is 23.1. The molecule has 3 amide bonds. The molecule has 1 aliphatic heterocycles. The SMILES string of the molecule is CCCN1C(=O)NC(c2ccc(NC(=O)Cc3ccccc3)cc2)C(C(=O)OCC)=C1C. The third-order valence-electron chi connectivity index (χ3n) is 5.27. The van der Waals surface area contributed by atoms with Crippen molar-refractivity contribution in [3.8, 4) is 0 Å². The van der Waals surface area contributed by atoms with E-state index in [0.717, 1.165) is 17.5 Å². The van der Waals surface area contributed by atoms with Crippen LogP contribution in [0.15, 0.2) is 65.9 Å². The van der Waals surface area contributed by atoms with Crippen LogP contribution in [0.2, 0.25) is 0 Å². The summed E-state index contributed by atoms with van der Waals surface area (Å²) >= 11 is 0. The largest absolute Gasteiger partial charge is 0.463 e. The summed E-state index contributed by atoms with van der Waals surface area (Å²) in [5, 5.41) is 5.80. The number of urea groups is 1. The van der Waals surface area contributed by atoms with Gasteiger partial charge in [0.1, 0.15) is 0 Å². The average Bonchev–Trinajstić information content (AvgIpc) is 2.77. The van der Waals surface area contributed by atoms with Crippen molar-refractivity contribution < 1.29 is 19.1 Å². The van der Waals surface area contributed by atoms with Crippen molar-refractivity contribution in [2.24, 2.45) is 0 Å². The maximum Gasteiger partial charge on any atom is 0.338 e. The smallest absolute Gasteiger partial charge is 0.338 e. The highest BCUT2D eigenvalue weighted by Crippen LogP contribution is 2.32. The van der Waals surface area contributed by atoms with Crippen molar-refractivity contribution in [2.75, 3.05) is 18.5 Å². The lowest BCUT2D eigenvalue weighted by Gasteiger charge is -2.35. The van der Waals surface area contributed by atoms with Gasteiger partial charge in [-0.3, -0.25) is 9.69 Å². The number of amides is 3. The topological polar surface area (TPSA) is 87.7 Å². The lowest BCUT2D eigenvalue weighted by atomic mass is 9.94. The summed E-state index contributed by atoms with van der Waals surface area (Å²) < 4.78 is 5.27. The normalized spacial score (nSPS) is 15.9. The number of nitrogens with one attached hydrogen (secondary N) is 2. The first kappa shape index (κ1) is 23.1. The minimum absolute atomic E-state index is 0.118. The molecule has 2 N–H and O–H groups in total. The zero-order valence-electron chi connectivity index (χ0n) is 18.7. The van der Waals surface area contributed by atoms with E-state index in [1.54, 1.807) is 43.0 Å². The van der Waals surface area contributed by atoms with Gasteiger partial charge in [-0.2, -0.15) is 0 Å². The third-order valence-corrected chi connectivity index (χ3v) is 5.27. The lowest BCUT2D eigenvalue weighted by molar-refractivity contribution is -0.139. The van der Waals surface area contributed by atoms with E-state index in [-0.39, 0.29) is 25.0 Å².